The Balaban J connectivity index is 0. The highest BCUT2D eigenvalue weighted by molar-refractivity contribution is 5.75. The zero-order valence-electron chi connectivity index (χ0n) is 7.16. The number of amides is 1. The van der Waals surface area contributed by atoms with Crippen molar-refractivity contribution in [1.82, 2.24) is 0 Å². The van der Waals surface area contributed by atoms with E-state index in [0.29, 0.717) is 6.61 Å². The number of primary amides is 1. The van der Waals surface area contributed by atoms with E-state index in [9.17, 15) is 9.59 Å². The largest absolute Gasteiger partial charge is 0.466 e. The number of carbonyl (C=O) groups excluding carboxylic acids is 2. The normalized spacial score (nSPS) is 7.08. The summed E-state index contributed by atoms with van der Waals surface area (Å²) in [5.41, 5.74) is 4.54. The monoisotopic (exact) mass is 172 g/mol. The van der Waals surface area contributed by atoms with Crippen LogP contribution in [0.1, 0.15) is 20.3 Å². The van der Waals surface area contributed by atoms with Gasteiger partial charge in [0.25, 0.3) is 0 Å². The third-order valence-electron chi connectivity index (χ3n) is 0.601. The van der Waals surface area contributed by atoms with Gasteiger partial charge < -0.3 is 10.5 Å². The number of hydrogen-bond donors (Lipinski definition) is 1. The molecule has 0 rings (SSSR count). The van der Waals surface area contributed by atoms with Crippen LogP contribution < -0.4 is 5.73 Å². The second-order valence-electron chi connectivity index (χ2n) is 1.73. The minimum Gasteiger partial charge on any atom is -0.466 e. The molecule has 5 heteroatoms. The highest BCUT2D eigenvalue weighted by atomic mass is 16.5. The van der Waals surface area contributed by atoms with Crippen molar-refractivity contribution in [3.05, 3.63) is 0 Å². The second-order valence-corrected chi connectivity index (χ2v) is 1.73. The van der Waals surface area contributed by atoms with E-state index in [1.807, 2.05) is 0 Å². The van der Waals surface area contributed by atoms with Crippen LogP contribution in [0, 0.1) is 11.3 Å². The molecule has 0 aromatic rings. The highest BCUT2D eigenvalue weighted by Gasteiger charge is 1.84. The first-order valence-electron chi connectivity index (χ1n) is 3.33. The Morgan fingerprint density at radius 1 is 1.58 bits per heavy atom. The molecule has 0 saturated heterocycles. The quantitative estimate of drug-likeness (QED) is 0.591. The first-order chi connectivity index (χ1) is 5.54. The van der Waals surface area contributed by atoms with Gasteiger partial charge in [0.1, 0.15) is 6.42 Å². The summed E-state index contributed by atoms with van der Waals surface area (Å²) < 4.78 is 4.40. The SMILES string of the molecule is CCOC(C)=O.N#CCC(N)=O. The second kappa shape index (κ2) is 9.43. The molecule has 0 heterocycles. The highest BCUT2D eigenvalue weighted by Crippen LogP contribution is 1.69. The topological polar surface area (TPSA) is 93.2 Å². The molecule has 0 fully saturated rings. The zero-order valence-corrected chi connectivity index (χ0v) is 7.16. The zero-order chi connectivity index (χ0) is 9.98. The van der Waals surface area contributed by atoms with Crippen LogP contribution in [0.2, 0.25) is 0 Å². The first-order valence-corrected chi connectivity index (χ1v) is 3.33. The fourth-order valence-corrected chi connectivity index (χ4v) is 0.281. The Kier molecular flexibility index (Phi) is 10.3. The van der Waals surface area contributed by atoms with Crippen LogP contribution in [-0.2, 0) is 14.3 Å². The number of carbonyl (C=O) groups is 2. The summed E-state index contributed by atoms with van der Waals surface area (Å²) in [6.07, 6.45) is -0.181. The van der Waals surface area contributed by atoms with Crippen molar-refractivity contribution in [3.8, 4) is 6.07 Å². The molecule has 0 aliphatic rings. The van der Waals surface area contributed by atoms with Crippen LogP contribution in [0.4, 0.5) is 0 Å². The summed E-state index contributed by atoms with van der Waals surface area (Å²) in [5, 5.41) is 7.69. The lowest BCUT2D eigenvalue weighted by Gasteiger charge is -1.89. The minimum absolute atomic E-state index is 0.181. The maximum absolute atomic E-state index is 9.82. The fraction of sp³-hybridized carbons (Fsp3) is 0.571. The van der Waals surface area contributed by atoms with Crippen LogP contribution in [0.25, 0.3) is 0 Å². The summed E-state index contributed by atoms with van der Waals surface area (Å²) in [7, 11) is 0. The molecule has 1 amide bonds. The van der Waals surface area contributed by atoms with Crippen molar-refractivity contribution >= 4 is 11.9 Å². The Morgan fingerprint density at radius 3 is 2.08 bits per heavy atom. The Hall–Kier alpha value is -1.57. The van der Waals surface area contributed by atoms with Gasteiger partial charge in [-0.15, -0.1) is 0 Å². The molecular weight excluding hydrogens is 160 g/mol. The van der Waals surface area contributed by atoms with E-state index < -0.39 is 5.91 Å². The van der Waals surface area contributed by atoms with Gasteiger partial charge in [0.05, 0.1) is 12.7 Å². The first kappa shape index (κ1) is 13.1. The van der Waals surface area contributed by atoms with Gasteiger partial charge in [0, 0.05) is 6.92 Å². The van der Waals surface area contributed by atoms with E-state index >= 15 is 0 Å². The van der Waals surface area contributed by atoms with Crippen LogP contribution >= 0.6 is 0 Å². The molecule has 0 aromatic heterocycles. The molecule has 68 valence electrons. The van der Waals surface area contributed by atoms with Gasteiger partial charge in [-0.25, -0.2) is 0 Å². The lowest BCUT2D eigenvalue weighted by atomic mass is 10.5. The number of rotatable bonds is 2. The van der Waals surface area contributed by atoms with Gasteiger partial charge in [-0.2, -0.15) is 5.26 Å². The van der Waals surface area contributed by atoms with Crippen LogP contribution in [0.15, 0.2) is 0 Å². The van der Waals surface area contributed by atoms with Gasteiger partial charge in [0.15, 0.2) is 0 Å². The van der Waals surface area contributed by atoms with E-state index in [4.69, 9.17) is 5.26 Å². The number of hydrogen-bond acceptors (Lipinski definition) is 4. The molecular formula is C7H12N2O3. The van der Waals surface area contributed by atoms with Crippen LogP contribution in [-0.4, -0.2) is 18.5 Å². The van der Waals surface area contributed by atoms with Crippen molar-refractivity contribution in [2.45, 2.75) is 20.3 Å². The van der Waals surface area contributed by atoms with Gasteiger partial charge >= 0.3 is 5.97 Å². The van der Waals surface area contributed by atoms with E-state index in [2.05, 4.69) is 10.5 Å². The van der Waals surface area contributed by atoms with Crippen molar-refractivity contribution in [3.63, 3.8) is 0 Å². The molecule has 0 atom stereocenters. The Bertz CT molecular complexity index is 184. The van der Waals surface area contributed by atoms with Gasteiger partial charge in [-0.3, -0.25) is 9.59 Å². The average molecular weight is 172 g/mol. The molecule has 0 bridgehead atoms. The summed E-state index contributed by atoms with van der Waals surface area (Å²) in [4.78, 5) is 19.4. The summed E-state index contributed by atoms with van der Waals surface area (Å²) in [6.45, 7) is 3.65. The van der Waals surface area contributed by atoms with Crippen molar-refractivity contribution in [1.29, 1.82) is 5.26 Å². The lowest BCUT2D eigenvalue weighted by molar-refractivity contribution is -0.140. The minimum atomic E-state index is -0.572. The smallest absolute Gasteiger partial charge is 0.302 e. The average Bonchev–Trinajstić information content (AvgIpc) is 1.87. The number of ether oxygens (including phenoxy) is 1. The molecule has 0 saturated carbocycles. The molecule has 2 N–H and O–H groups in total. The van der Waals surface area contributed by atoms with E-state index in [0.717, 1.165) is 0 Å². The molecule has 0 unspecified atom stereocenters. The number of nitrogens with two attached hydrogens (primary N) is 1. The van der Waals surface area contributed by atoms with E-state index in [1.165, 1.54) is 6.92 Å². The third kappa shape index (κ3) is 23.7. The molecule has 0 spiro atoms. The number of esters is 1. The Labute approximate surface area is 71.1 Å². The predicted octanol–water partition coefficient (Wildman–Crippen LogP) is -0.0452. The molecule has 0 aromatic carbocycles. The molecule has 0 aliphatic heterocycles. The summed E-state index contributed by atoms with van der Waals surface area (Å²) >= 11 is 0. The fourth-order valence-electron chi connectivity index (χ4n) is 0.281. The number of nitrogens with zero attached hydrogens (tertiary/aromatic N) is 1. The molecule has 5 nitrogen and oxygen atoms in total. The molecule has 12 heavy (non-hydrogen) atoms. The van der Waals surface area contributed by atoms with E-state index in [-0.39, 0.29) is 12.4 Å². The summed E-state index contributed by atoms with van der Waals surface area (Å²) in [6, 6.07) is 1.59. The number of nitriles is 1. The standard InChI is InChI=1S/C4H8O2.C3H4N2O/c1-3-6-4(2)5;4-2-1-3(5)6/h3H2,1-2H3;1H2,(H2,5,6). The predicted molar refractivity (Wildman–Crippen MR) is 41.7 cm³/mol. The van der Waals surface area contributed by atoms with E-state index in [1.54, 1.807) is 13.0 Å². The van der Waals surface area contributed by atoms with Crippen molar-refractivity contribution in [2.75, 3.05) is 6.61 Å². The van der Waals surface area contributed by atoms with Crippen molar-refractivity contribution < 1.29 is 14.3 Å². The lowest BCUT2D eigenvalue weighted by Crippen LogP contribution is -2.07. The van der Waals surface area contributed by atoms with Gasteiger partial charge in [0.2, 0.25) is 5.91 Å². The Morgan fingerprint density at radius 2 is 2.08 bits per heavy atom. The van der Waals surface area contributed by atoms with Crippen molar-refractivity contribution in [2.24, 2.45) is 5.73 Å². The summed E-state index contributed by atoms with van der Waals surface area (Å²) in [5.74, 6) is -0.782. The third-order valence-corrected chi connectivity index (χ3v) is 0.601. The molecule has 0 aliphatic carbocycles. The van der Waals surface area contributed by atoms with Crippen LogP contribution in [0.5, 0.6) is 0 Å². The maximum atomic E-state index is 9.82. The van der Waals surface area contributed by atoms with Crippen LogP contribution in [0.3, 0.4) is 0 Å². The maximum Gasteiger partial charge on any atom is 0.302 e. The van der Waals surface area contributed by atoms with Gasteiger partial charge in [-0.1, -0.05) is 0 Å². The van der Waals surface area contributed by atoms with Gasteiger partial charge in [-0.05, 0) is 6.92 Å². The molecule has 0 radical (unpaired) electrons.